The van der Waals surface area contributed by atoms with Gasteiger partial charge in [-0.05, 0) is 18.6 Å². The van der Waals surface area contributed by atoms with Crippen molar-refractivity contribution in [2.24, 2.45) is 0 Å². The molecule has 0 aliphatic rings. The van der Waals surface area contributed by atoms with Crippen molar-refractivity contribution < 1.29 is 13.2 Å². The Morgan fingerprint density at radius 3 is 2.80 bits per heavy atom. The summed E-state index contributed by atoms with van der Waals surface area (Å²) < 4.78 is 27.3. The number of hydrogen-bond donors (Lipinski definition) is 0. The van der Waals surface area contributed by atoms with Gasteiger partial charge in [-0.1, -0.05) is 12.1 Å². The summed E-state index contributed by atoms with van der Waals surface area (Å²) in [6, 6.07) is 6.07. The fourth-order valence-electron chi connectivity index (χ4n) is 0.976. The van der Waals surface area contributed by atoms with E-state index >= 15 is 0 Å². The van der Waals surface area contributed by atoms with Crippen molar-refractivity contribution in [3.63, 3.8) is 0 Å². The summed E-state index contributed by atoms with van der Waals surface area (Å²) in [4.78, 5) is 0.0419. The first-order valence-electron chi connectivity index (χ1n) is 4.32. The molecule has 3 nitrogen and oxygen atoms in total. The first-order valence-corrected chi connectivity index (χ1v) is 6.63. The molecule has 0 bridgehead atoms. The maximum Gasteiger partial charge on any atom is 0.261 e. The van der Waals surface area contributed by atoms with Crippen LogP contribution in [0.3, 0.4) is 0 Å². The Balaban J connectivity index is 2.79. The highest BCUT2D eigenvalue weighted by atomic mass is 35.7. The van der Waals surface area contributed by atoms with Gasteiger partial charge in [0.1, 0.15) is 5.75 Å². The first kappa shape index (κ1) is 12.1. The van der Waals surface area contributed by atoms with E-state index in [1.165, 1.54) is 12.1 Å². The second kappa shape index (κ2) is 5.19. The molecule has 0 fully saturated rings. The van der Waals surface area contributed by atoms with Crippen LogP contribution in [0.1, 0.15) is 6.42 Å². The molecule has 0 unspecified atom stereocenters. The van der Waals surface area contributed by atoms with E-state index in [0.717, 1.165) is 0 Å². The average Bonchev–Trinajstić information content (AvgIpc) is 2.17. The van der Waals surface area contributed by atoms with Gasteiger partial charge in [-0.3, -0.25) is 0 Å². The Hall–Kier alpha value is -1.00. The molecular formula is C10H11ClO3S. The van der Waals surface area contributed by atoms with Crippen LogP contribution in [-0.4, -0.2) is 15.0 Å². The molecule has 0 heterocycles. The highest BCUT2D eigenvalue weighted by molar-refractivity contribution is 8.13. The van der Waals surface area contributed by atoms with Crippen LogP contribution in [0, 0.1) is 0 Å². The summed E-state index contributed by atoms with van der Waals surface area (Å²) in [6.07, 6.45) is 2.43. The molecule has 0 spiro atoms. The van der Waals surface area contributed by atoms with Gasteiger partial charge in [-0.2, -0.15) is 0 Å². The second-order valence-electron chi connectivity index (χ2n) is 2.84. The number of hydrogen-bond acceptors (Lipinski definition) is 3. The fourth-order valence-corrected chi connectivity index (χ4v) is 1.76. The van der Waals surface area contributed by atoms with Crippen LogP contribution in [-0.2, 0) is 9.05 Å². The van der Waals surface area contributed by atoms with Crippen molar-refractivity contribution in [2.45, 2.75) is 11.3 Å². The summed E-state index contributed by atoms with van der Waals surface area (Å²) >= 11 is 0. The molecule has 0 aliphatic carbocycles. The van der Waals surface area contributed by atoms with E-state index in [1.54, 1.807) is 18.2 Å². The monoisotopic (exact) mass is 246 g/mol. The zero-order valence-electron chi connectivity index (χ0n) is 8.02. The molecule has 5 heteroatoms. The SMILES string of the molecule is C=CCCOc1cccc(S(=O)(=O)Cl)c1. The number of halogens is 1. The van der Waals surface area contributed by atoms with Crippen molar-refractivity contribution in [1.82, 2.24) is 0 Å². The van der Waals surface area contributed by atoms with Gasteiger partial charge in [0.15, 0.2) is 0 Å². The Morgan fingerprint density at radius 2 is 2.20 bits per heavy atom. The van der Waals surface area contributed by atoms with Crippen LogP contribution in [0.2, 0.25) is 0 Å². The molecule has 0 saturated carbocycles. The Bertz CT molecular complexity index is 440. The van der Waals surface area contributed by atoms with E-state index < -0.39 is 9.05 Å². The molecule has 0 saturated heterocycles. The van der Waals surface area contributed by atoms with Crippen molar-refractivity contribution in [1.29, 1.82) is 0 Å². The number of ether oxygens (including phenoxy) is 1. The largest absolute Gasteiger partial charge is 0.493 e. The van der Waals surface area contributed by atoms with Gasteiger partial charge in [0.2, 0.25) is 0 Å². The summed E-state index contributed by atoms with van der Waals surface area (Å²) in [7, 11) is 1.51. The summed E-state index contributed by atoms with van der Waals surface area (Å²) in [5, 5.41) is 0. The lowest BCUT2D eigenvalue weighted by Gasteiger charge is -2.05. The first-order chi connectivity index (χ1) is 7.04. The minimum absolute atomic E-state index is 0.0419. The predicted octanol–water partition coefficient (Wildman–Crippen LogP) is 2.57. The molecule has 0 atom stereocenters. The highest BCUT2D eigenvalue weighted by Crippen LogP contribution is 2.20. The average molecular weight is 247 g/mol. The molecule has 0 amide bonds. The molecule has 1 aromatic rings. The normalized spacial score (nSPS) is 11.0. The van der Waals surface area contributed by atoms with Crippen LogP contribution in [0.4, 0.5) is 0 Å². The molecule has 82 valence electrons. The van der Waals surface area contributed by atoms with Crippen LogP contribution in [0.15, 0.2) is 41.8 Å². The van der Waals surface area contributed by atoms with Gasteiger partial charge < -0.3 is 4.74 Å². The Kier molecular flexibility index (Phi) is 4.17. The van der Waals surface area contributed by atoms with E-state index in [2.05, 4.69) is 6.58 Å². The van der Waals surface area contributed by atoms with Crippen molar-refractivity contribution in [3.05, 3.63) is 36.9 Å². The van der Waals surface area contributed by atoms with Crippen molar-refractivity contribution in [2.75, 3.05) is 6.61 Å². The lowest BCUT2D eigenvalue weighted by Crippen LogP contribution is -1.97. The third kappa shape index (κ3) is 3.93. The smallest absolute Gasteiger partial charge is 0.261 e. The topological polar surface area (TPSA) is 43.4 Å². The molecule has 0 radical (unpaired) electrons. The van der Waals surface area contributed by atoms with E-state index in [0.29, 0.717) is 18.8 Å². The molecule has 1 aromatic carbocycles. The quantitative estimate of drug-likeness (QED) is 0.456. The predicted molar refractivity (Wildman–Crippen MR) is 59.8 cm³/mol. The Labute approximate surface area is 93.7 Å². The summed E-state index contributed by atoms with van der Waals surface area (Å²) in [5.74, 6) is 0.485. The maximum absolute atomic E-state index is 11.0. The van der Waals surface area contributed by atoms with Crippen molar-refractivity contribution >= 4 is 19.7 Å². The molecule has 15 heavy (non-hydrogen) atoms. The summed E-state index contributed by atoms with van der Waals surface area (Å²) in [5.41, 5.74) is 0. The lowest BCUT2D eigenvalue weighted by atomic mass is 10.3. The third-order valence-corrected chi connectivity index (χ3v) is 3.03. The van der Waals surface area contributed by atoms with Crippen LogP contribution in [0.5, 0.6) is 5.75 Å². The maximum atomic E-state index is 11.0. The molecule has 0 aliphatic heterocycles. The van der Waals surface area contributed by atoms with E-state index in [9.17, 15) is 8.42 Å². The van der Waals surface area contributed by atoms with Crippen molar-refractivity contribution in [3.8, 4) is 5.75 Å². The molecule has 0 aromatic heterocycles. The van der Waals surface area contributed by atoms with Crippen LogP contribution in [0.25, 0.3) is 0 Å². The highest BCUT2D eigenvalue weighted by Gasteiger charge is 2.10. The Morgan fingerprint density at radius 1 is 1.47 bits per heavy atom. The standard InChI is InChI=1S/C10H11ClO3S/c1-2-3-7-14-9-5-4-6-10(8-9)15(11,12)13/h2,4-6,8H,1,3,7H2. The fraction of sp³-hybridized carbons (Fsp3) is 0.200. The lowest BCUT2D eigenvalue weighted by molar-refractivity contribution is 0.324. The van der Waals surface area contributed by atoms with E-state index in [4.69, 9.17) is 15.4 Å². The van der Waals surface area contributed by atoms with Gasteiger partial charge >= 0.3 is 0 Å². The van der Waals surface area contributed by atoms with Gasteiger partial charge in [0.25, 0.3) is 9.05 Å². The second-order valence-corrected chi connectivity index (χ2v) is 5.40. The zero-order chi connectivity index (χ0) is 11.3. The zero-order valence-corrected chi connectivity index (χ0v) is 9.59. The summed E-state index contributed by atoms with van der Waals surface area (Å²) in [6.45, 7) is 4.02. The number of benzene rings is 1. The van der Waals surface area contributed by atoms with Gasteiger partial charge in [-0.25, -0.2) is 8.42 Å². The van der Waals surface area contributed by atoms with E-state index in [-0.39, 0.29) is 4.90 Å². The van der Waals surface area contributed by atoms with Gasteiger partial charge in [0.05, 0.1) is 11.5 Å². The molecule has 1 rings (SSSR count). The van der Waals surface area contributed by atoms with Gasteiger partial charge in [0, 0.05) is 16.7 Å². The van der Waals surface area contributed by atoms with Crippen LogP contribution >= 0.6 is 10.7 Å². The van der Waals surface area contributed by atoms with E-state index in [1.807, 2.05) is 0 Å². The molecule has 0 N–H and O–H groups in total. The minimum Gasteiger partial charge on any atom is -0.493 e. The van der Waals surface area contributed by atoms with Crippen LogP contribution < -0.4 is 4.74 Å². The third-order valence-electron chi connectivity index (χ3n) is 1.68. The van der Waals surface area contributed by atoms with Gasteiger partial charge in [-0.15, -0.1) is 6.58 Å². The number of rotatable bonds is 5. The minimum atomic E-state index is -3.68. The molecular weight excluding hydrogens is 236 g/mol.